The highest BCUT2D eigenvalue weighted by Gasteiger charge is 2.02. The molecule has 0 saturated heterocycles. The minimum atomic E-state index is 0. The molecule has 2 N–H and O–H groups in total. The molecule has 0 aliphatic heterocycles. The van der Waals surface area contributed by atoms with Crippen molar-refractivity contribution in [2.45, 2.75) is 32.4 Å². The average Bonchev–Trinajstić information content (AvgIpc) is 1.87. The van der Waals surface area contributed by atoms with Crippen molar-refractivity contribution in [1.29, 1.82) is 0 Å². The second-order valence-corrected chi connectivity index (χ2v) is 2.62. The lowest BCUT2D eigenvalue weighted by Gasteiger charge is -2.15. The molecule has 2 atom stereocenters. The van der Waals surface area contributed by atoms with Crippen LogP contribution in [0, 0.1) is 0 Å². The van der Waals surface area contributed by atoms with Gasteiger partial charge in [-0.1, -0.05) is 0 Å². The second-order valence-electron chi connectivity index (χ2n) is 2.62. The fourth-order valence-electron chi connectivity index (χ4n) is 0.766. The number of rotatable bonds is 4. The molecule has 0 bridgehead atoms. The molecule has 0 aromatic heterocycles. The summed E-state index contributed by atoms with van der Waals surface area (Å²) in [5, 5.41) is 6.38. The van der Waals surface area contributed by atoms with Crippen LogP contribution in [0.5, 0.6) is 0 Å². The molecule has 0 radical (unpaired) electrons. The Bertz CT molecular complexity index is 63.5. The van der Waals surface area contributed by atoms with Crippen molar-refractivity contribution in [2.75, 3.05) is 14.1 Å². The van der Waals surface area contributed by atoms with Gasteiger partial charge in [-0.25, -0.2) is 0 Å². The van der Waals surface area contributed by atoms with Crippen molar-refractivity contribution in [3.05, 3.63) is 0 Å². The molecule has 0 rings (SSSR count). The minimum Gasteiger partial charge on any atom is -0.317 e. The smallest absolute Gasteiger partial charge is 0.00504 e. The first kappa shape index (κ1) is 17.5. The Labute approximate surface area is 82.3 Å². The van der Waals surface area contributed by atoms with E-state index in [1.54, 1.807) is 0 Å². The van der Waals surface area contributed by atoms with Crippen LogP contribution in [-0.4, -0.2) is 26.2 Å². The summed E-state index contributed by atoms with van der Waals surface area (Å²) in [6.45, 7) is 4.38. The molecule has 0 heterocycles. The van der Waals surface area contributed by atoms with Gasteiger partial charge in [-0.3, -0.25) is 0 Å². The van der Waals surface area contributed by atoms with Crippen LogP contribution in [0.1, 0.15) is 20.3 Å². The van der Waals surface area contributed by atoms with Crippen LogP contribution in [0.25, 0.3) is 0 Å². The SMILES string of the molecule is CN[C@H](C)C[C@@H](C)NC.Cl.Cl. The van der Waals surface area contributed by atoms with Gasteiger partial charge in [-0.15, -0.1) is 24.8 Å². The Kier molecular flexibility index (Phi) is 16.8. The predicted octanol–water partition coefficient (Wildman–Crippen LogP) is 1.44. The third-order valence-corrected chi connectivity index (χ3v) is 1.69. The molecular weight excluding hydrogens is 183 g/mol. The summed E-state index contributed by atoms with van der Waals surface area (Å²) in [6.07, 6.45) is 1.19. The van der Waals surface area contributed by atoms with Gasteiger partial charge in [0.05, 0.1) is 0 Å². The van der Waals surface area contributed by atoms with Crippen LogP contribution in [0.15, 0.2) is 0 Å². The molecule has 72 valence electrons. The Balaban J connectivity index is -0.000000320. The van der Waals surface area contributed by atoms with Gasteiger partial charge >= 0.3 is 0 Å². The summed E-state index contributed by atoms with van der Waals surface area (Å²) < 4.78 is 0. The Morgan fingerprint density at radius 1 is 0.909 bits per heavy atom. The van der Waals surface area contributed by atoms with E-state index in [2.05, 4.69) is 24.5 Å². The van der Waals surface area contributed by atoms with E-state index in [1.165, 1.54) is 6.42 Å². The van der Waals surface area contributed by atoms with E-state index in [0.29, 0.717) is 12.1 Å². The molecule has 11 heavy (non-hydrogen) atoms. The lowest BCUT2D eigenvalue weighted by atomic mass is 10.1. The molecule has 0 aromatic rings. The van der Waals surface area contributed by atoms with Crippen molar-refractivity contribution in [1.82, 2.24) is 10.6 Å². The van der Waals surface area contributed by atoms with Gasteiger partial charge in [0, 0.05) is 12.1 Å². The highest BCUT2D eigenvalue weighted by molar-refractivity contribution is 5.85. The third kappa shape index (κ3) is 10.5. The minimum absolute atomic E-state index is 0. The maximum atomic E-state index is 3.19. The summed E-state index contributed by atoms with van der Waals surface area (Å²) in [4.78, 5) is 0. The first-order valence-electron chi connectivity index (χ1n) is 3.55. The van der Waals surface area contributed by atoms with E-state index >= 15 is 0 Å². The zero-order valence-corrected chi connectivity index (χ0v) is 9.31. The van der Waals surface area contributed by atoms with E-state index in [4.69, 9.17) is 0 Å². The van der Waals surface area contributed by atoms with Gasteiger partial charge in [-0.05, 0) is 34.4 Å². The number of halogens is 2. The largest absolute Gasteiger partial charge is 0.317 e. The lowest BCUT2D eigenvalue weighted by Crippen LogP contribution is -2.31. The van der Waals surface area contributed by atoms with Crippen LogP contribution in [0.4, 0.5) is 0 Å². The Morgan fingerprint density at radius 2 is 1.18 bits per heavy atom. The molecule has 0 unspecified atom stereocenters. The lowest BCUT2D eigenvalue weighted by molar-refractivity contribution is 0.469. The molecule has 0 aliphatic carbocycles. The molecule has 0 aliphatic rings. The van der Waals surface area contributed by atoms with Crippen molar-refractivity contribution in [2.24, 2.45) is 0 Å². The first-order chi connectivity index (χ1) is 4.20. The van der Waals surface area contributed by atoms with Gasteiger partial charge in [-0.2, -0.15) is 0 Å². The fraction of sp³-hybridized carbons (Fsp3) is 1.00. The topological polar surface area (TPSA) is 24.1 Å². The normalized spacial score (nSPS) is 14.2. The highest BCUT2D eigenvalue weighted by atomic mass is 35.5. The van der Waals surface area contributed by atoms with E-state index in [-0.39, 0.29) is 24.8 Å². The summed E-state index contributed by atoms with van der Waals surface area (Å²) in [6, 6.07) is 1.24. The fourth-order valence-corrected chi connectivity index (χ4v) is 0.766. The van der Waals surface area contributed by atoms with Gasteiger partial charge in [0.25, 0.3) is 0 Å². The van der Waals surface area contributed by atoms with Crippen molar-refractivity contribution >= 4 is 24.8 Å². The zero-order chi connectivity index (χ0) is 7.28. The van der Waals surface area contributed by atoms with Gasteiger partial charge in [0.1, 0.15) is 0 Å². The van der Waals surface area contributed by atoms with Gasteiger partial charge in [0.2, 0.25) is 0 Å². The third-order valence-electron chi connectivity index (χ3n) is 1.69. The van der Waals surface area contributed by atoms with Gasteiger partial charge in [0.15, 0.2) is 0 Å². The van der Waals surface area contributed by atoms with E-state index < -0.39 is 0 Å². The molecule has 0 amide bonds. The molecule has 0 aromatic carbocycles. The summed E-state index contributed by atoms with van der Waals surface area (Å²) >= 11 is 0. The zero-order valence-electron chi connectivity index (χ0n) is 7.68. The van der Waals surface area contributed by atoms with Crippen LogP contribution < -0.4 is 10.6 Å². The molecule has 4 heteroatoms. The summed E-state index contributed by atoms with van der Waals surface area (Å²) in [5.74, 6) is 0. The maximum Gasteiger partial charge on any atom is 0.00504 e. The maximum absolute atomic E-state index is 3.19. The standard InChI is InChI=1S/C7H18N2.2ClH/c1-6(8-3)5-7(2)9-4;;/h6-9H,5H2,1-4H3;2*1H/t6-,7-;;/m1../s1. The number of nitrogens with one attached hydrogen (secondary N) is 2. The monoisotopic (exact) mass is 202 g/mol. The molecule has 0 fully saturated rings. The first-order valence-corrected chi connectivity index (χ1v) is 3.55. The van der Waals surface area contributed by atoms with E-state index in [0.717, 1.165) is 0 Å². The van der Waals surface area contributed by atoms with Crippen molar-refractivity contribution in [3.8, 4) is 0 Å². The quantitative estimate of drug-likeness (QED) is 0.722. The van der Waals surface area contributed by atoms with Crippen LogP contribution in [0.2, 0.25) is 0 Å². The average molecular weight is 203 g/mol. The second kappa shape index (κ2) is 10.5. The summed E-state index contributed by atoms with van der Waals surface area (Å²) in [7, 11) is 3.99. The molecular formula is C7H20Cl2N2. The van der Waals surface area contributed by atoms with Crippen LogP contribution >= 0.6 is 24.8 Å². The van der Waals surface area contributed by atoms with Crippen molar-refractivity contribution < 1.29 is 0 Å². The molecule has 2 nitrogen and oxygen atoms in total. The Morgan fingerprint density at radius 3 is 1.36 bits per heavy atom. The summed E-state index contributed by atoms with van der Waals surface area (Å²) in [5.41, 5.74) is 0. The number of hydrogen-bond donors (Lipinski definition) is 2. The molecule has 0 saturated carbocycles. The van der Waals surface area contributed by atoms with Crippen LogP contribution in [0.3, 0.4) is 0 Å². The van der Waals surface area contributed by atoms with Crippen LogP contribution in [-0.2, 0) is 0 Å². The van der Waals surface area contributed by atoms with E-state index in [1.807, 2.05) is 14.1 Å². The predicted molar refractivity (Wildman–Crippen MR) is 56.2 cm³/mol. The Hall–Kier alpha value is 0.500. The highest BCUT2D eigenvalue weighted by Crippen LogP contribution is 1.94. The van der Waals surface area contributed by atoms with Crippen molar-refractivity contribution in [3.63, 3.8) is 0 Å². The van der Waals surface area contributed by atoms with Gasteiger partial charge < -0.3 is 10.6 Å². The molecule has 0 spiro atoms. The number of hydrogen-bond acceptors (Lipinski definition) is 2. The van der Waals surface area contributed by atoms with E-state index in [9.17, 15) is 0 Å².